The number of pyridine rings is 2. The van der Waals surface area contributed by atoms with Crippen molar-refractivity contribution in [3.05, 3.63) is 48.4 Å². The first-order valence-corrected chi connectivity index (χ1v) is 10.0. The van der Waals surface area contributed by atoms with Crippen LogP contribution in [0.1, 0.15) is 12.6 Å². The van der Waals surface area contributed by atoms with Gasteiger partial charge in [-0.1, -0.05) is 23.5 Å². The first-order chi connectivity index (χ1) is 13.6. The predicted octanol–water partition coefficient (Wildman–Crippen LogP) is 3.32. The van der Waals surface area contributed by atoms with Gasteiger partial charge in [0, 0.05) is 56.8 Å². The summed E-state index contributed by atoms with van der Waals surface area (Å²) in [6.07, 6.45) is 3.72. The normalized spacial score (nSPS) is 14.2. The molecule has 4 rings (SSSR count). The highest BCUT2D eigenvalue weighted by atomic mass is 32.1. The van der Waals surface area contributed by atoms with E-state index in [-0.39, 0.29) is 5.91 Å². The Labute approximate surface area is 168 Å². The van der Waals surface area contributed by atoms with Crippen LogP contribution in [0.25, 0.3) is 10.4 Å². The maximum absolute atomic E-state index is 11.5. The topological polar surface area (TPSA) is 74.2 Å². The highest BCUT2D eigenvalue weighted by Gasteiger charge is 2.19. The van der Waals surface area contributed by atoms with Crippen molar-refractivity contribution in [1.29, 1.82) is 0 Å². The van der Waals surface area contributed by atoms with E-state index in [0.717, 1.165) is 59.1 Å². The molecule has 4 heterocycles. The van der Waals surface area contributed by atoms with E-state index in [0.29, 0.717) is 0 Å². The van der Waals surface area contributed by atoms with Crippen molar-refractivity contribution < 1.29 is 4.79 Å². The highest BCUT2D eigenvalue weighted by molar-refractivity contribution is 7.18. The number of anilines is 3. The van der Waals surface area contributed by atoms with Crippen LogP contribution < -0.4 is 10.2 Å². The predicted molar refractivity (Wildman–Crippen MR) is 112 cm³/mol. The van der Waals surface area contributed by atoms with Gasteiger partial charge in [0.2, 0.25) is 5.91 Å². The molecule has 0 aliphatic carbocycles. The largest absolute Gasteiger partial charge is 0.353 e. The van der Waals surface area contributed by atoms with Gasteiger partial charge < -0.3 is 15.1 Å². The molecule has 1 amide bonds. The number of thiazole rings is 1. The van der Waals surface area contributed by atoms with Crippen molar-refractivity contribution in [3.8, 4) is 10.4 Å². The van der Waals surface area contributed by atoms with Crippen molar-refractivity contribution in [1.82, 2.24) is 19.9 Å². The van der Waals surface area contributed by atoms with E-state index in [1.54, 1.807) is 18.3 Å². The van der Waals surface area contributed by atoms with Gasteiger partial charge in [-0.15, -0.1) is 0 Å². The summed E-state index contributed by atoms with van der Waals surface area (Å²) in [5.74, 6) is 1.80. The second kappa shape index (κ2) is 7.93. The Kier molecular flexibility index (Phi) is 5.21. The van der Waals surface area contributed by atoms with E-state index in [1.807, 2.05) is 48.5 Å². The van der Waals surface area contributed by atoms with Crippen LogP contribution in [0.2, 0.25) is 0 Å². The van der Waals surface area contributed by atoms with Crippen LogP contribution in [0.4, 0.5) is 16.8 Å². The second-order valence-electron chi connectivity index (χ2n) is 6.72. The molecule has 1 fully saturated rings. The fourth-order valence-corrected chi connectivity index (χ4v) is 3.92. The lowest BCUT2D eigenvalue weighted by Crippen LogP contribution is -2.48. The molecule has 0 bridgehead atoms. The molecule has 0 saturated carbocycles. The van der Waals surface area contributed by atoms with Crippen molar-refractivity contribution in [2.45, 2.75) is 13.8 Å². The van der Waals surface area contributed by atoms with Gasteiger partial charge in [-0.3, -0.25) is 9.78 Å². The number of carbonyl (C=O) groups excluding carboxylic acids is 1. The van der Waals surface area contributed by atoms with Crippen LogP contribution >= 0.6 is 11.3 Å². The lowest BCUT2D eigenvalue weighted by Gasteiger charge is -2.35. The van der Waals surface area contributed by atoms with E-state index >= 15 is 0 Å². The van der Waals surface area contributed by atoms with Gasteiger partial charge in [-0.25, -0.2) is 9.97 Å². The Morgan fingerprint density at radius 3 is 2.61 bits per heavy atom. The number of aryl methyl sites for hydroxylation is 1. The zero-order valence-electron chi connectivity index (χ0n) is 15.9. The number of nitrogens with one attached hydrogen (secondary N) is 1. The van der Waals surface area contributed by atoms with Crippen LogP contribution in [0.5, 0.6) is 0 Å². The summed E-state index contributed by atoms with van der Waals surface area (Å²) < 4.78 is 0. The Balaban J connectivity index is 1.44. The van der Waals surface area contributed by atoms with Crippen LogP contribution in [0.3, 0.4) is 0 Å². The Morgan fingerprint density at radius 1 is 1.07 bits per heavy atom. The third-order valence-electron chi connectivity index (χ3n) is 4.72. The molecule has 28 heavy (non-hydrogen) atoms. The summed E-state index contributed by atoms with van der Waals surface area (Å²) in [4.78, 5) is 30.2. The molecule has 0 spiro atoms. The zero-order chi connectivity index (χ0) is 19.5. The quantitative estimate of drug-likeness (QED) is 0.732. The maximum Gasteiger partial charge on any atom is 0.219 e. The molecular formula is C20H22N6OS. The fraction of sp³-hybridized carbons (Fsp3) is 0.300. The SMILES string of the molecule is CC(=O)N1CCN(c2cccc(Nc3ncc(-c4ccc(C)nc4)s3)n2)CC1. The molecule has 0 atom stereocenters. The molecule has 3 aromatic heterocycles. The number of aromatic nitrogens is 3. The number of hydrogen-bond donors (Lipinski definition) is 1. The van der Waals surface area contributed by atoms with Crippen molar-refractivity contribution in [2.24, 2.45) is 0 Å². The molecule has 3 aromatic rings. The minimum Gasteiger partial charge on any atom is -0.353 e. The van der Waals surface area contributed by atoms with Gasteiger partial charge in [-0.05, 0) is 25.1 Å². The van der Waals surface area contributed by atoms with Gasteiger partial charge in [0.25, 0.3) is 0 Å². The van der Waals surface area contributed by atoms with Gasteiger partial charge in [0.05, 0.1) is 4.88 Å². The van der Waals surface area contributed by atoms with Crippen molar-refractivity contribution >= 4 is 34.0 Å². The average Bonchev–Trinajstić information content (AvgIpc) is 3.17. The lowest BCUT2D eigenvalue weighted by atomic mass is 10.2. The monoisotopic (exact) mass is 394 g/mol. The molecule has 0 aromatic carbocycles. The first kappa shape index (κ1) is 18.4. The number of piperazine rings is 1. The van der Waals surface area contributed by atoms with E-state index < -0.39 is 0 Å². The maximum atomic E-state index is 11.5. The number of rotatable bonds is 4. The molecule has 1 aliphatic heterocycles. The number of hydrogen-bond acceptors (Lipinski definition) is 7. The van der Waals surface area contributed by atoms with Crippen LogP contribution in [0, 0.1) is 6.92 Å². The van der Waals surface area contributed by atoms with Crippen molar-refractivity contribution in [2.75, 3.05) is 36.4 Å². The van der Waals surface area contributed by atoms with E-state index in [2.05, 4.69) is 26.3 Å². The summed E-state index contributed by atoms with van der Waals surface area (Å²) in [5.41, 5.74) is 2.05. The van der Waals surface area contributed by atoms with E-state index in [1.165, 1.54) is 0 Å². The molecule has 1 aliphatic rings. The Morgan fingerprint density at radius 2 is 1.89 bits per heavy atom. The summed E-state index contributed by atoms with van der Waals surface area (Å²) in [6.45, 7) is 6.63. The van der Waals surface area contributed by atoms with Crippen LogP contribution in [-0.2, 0) is 4.79 Å². The van der Waals surface area contributed by atoms with E-state index in [4.69, 9.17) is 4.98 Å². The smallest absolute Gasteiger partial charge is 0.219 e. The molecule has 8 heteroatoms. The molecule has 144 valence electrons. The highest BCUT2D eigenvalue weighted by Crippen LogP contribution is 2.30. The minimum absolute atomic E-state index is 0.131. The van der Waals surface area contributed by atoms with Crippen LogP contribution in [0.15, 0.2) is 42.7 Å². The third kappa shape index (κ3) is 4.12. The number of amides is 1. The Bertz CT molecular complexity index is 963. The average molecular weight is 395 g/mol. The number of nitrogens with zero attached hydrogens (tertiary/aromatic N) is 5. The summed E-state index contributed by atoms with van der Waals surface area (Å²) in [6, 6.07) is 9.97. The zero-order valence-corrected chi connectivity index (χ0v) is 16.7. The number of carbonyl (C=O) groups is 1. The van der Waals surface area contributed by atoms with Gasteiger partial charge in [0.1, 0.15) is 11.6 Å². The standard InChI is InChI=1S/C20H22N6OS/c1-14-6-7-16(12-21-14)17-13-22-20(28-17)24-18-4-3-5-19(23-18)26-10-8-25(9-11-26)15(2)27/h3-7,12-13H,8-11H2,1-2H3,(H,22,23,24). The van der Waals surface area contributed by atoms with Crippen LogP contribution in [-0.4, -0.2) is 51.9 Å². The van der Waals surface area contributed by atoms with Gasteiger partial charge >= 0.3 is 0 Å². The van der Waals surface area contributed by atoms with Crippen molar-refractivity contribution in [3.63, 3.8) is 0 Å². The molecule has 7 nitrogen and oxygen atoms in total. The molecule has 1 saturated heterocycles. The molecular weight excluding hydrogens is 372 g/mol. The third-order valence-corrected chi connectivity index (χ3v) is 5.68. The molecule has 0 unspecified atom stereocenters. The van der Waals surface area contributed by atoms with Gasteiger partial charge in [-0.2, -0.15) is 0 Å². The lowest BCUT2D eigenvalue weighted by molar-refractivity contribution is -0.129. The summed E-state index contributed by atoms with van der Waals surface area (Å²) in [7, 11) is 0. The Hall–Kier alpha value is -3.00. The summed E-state index contributed by atoms with van der Waals surface area (Å²) >= 11 is 1.57. The van der Waals surface area contributed by atoms with E-state index in [9.17, 15) is 4.79 Å². The second-order valence-corrected chi connectivity index (χ2v) is 7.75. The molecule has 0 radical (unpaired) electrons. The fourth-order valence-electron chi connectivity index (χ4n) is 3.11. The first-order valence-electron chi connectivity index (χ1n) is 9.22. The molecule has 1 N–H and O–H groups in total. The summed E-state index contributed by atoms with van der Waals surface area (Å²) in [5, 5.41) is 4.09. The minimum atomic E-state index is 0.131. The van der Waals surface area contributed by atoms with Gasteiger partial charge in [0.15, 0.2) is 5.13 Å².